The van der Waals surface area contributed by atoms with Gasteiger partial charge in [-0.3, -0.25) is 4.57 Å². The first-order valence-electron chi connectivity index (χ1n) is 22.5. The van der Waals surface area contributed by atoms with Crippen LogP contribution in [0.4, 0.5) is 5.69 Å². The summed E-state index contributed by atoms with van der Waals surface area (Å²) >= 11 is 1.82. The second-order valence-electron chi connectivity index (χ2n) is 17.5. The number of nitrogens with one attached hydrogen (secondary N) is 1. The van der Waals surface area contributed by atoms with Gasteiger partial charge in [-0.1, -0.05) is 146 Å². The van der Waals surface area contributed by atoms with Crippen LogP contribution >= 0.6 is 11.3 Å². The van der Waals surface area contributed by atoms with Crippen molar-refractivity contribution in [2.45, 2.75) is 6.04 Å². The number of aliphatic imine (C=N–C) groups is 1. The van der Waals surface area contributed by atoms with Crippen LogP contribution in [-0.2, 0) is 0 Å². The van der Waals surface area contributed by atoms with Gasteiger partial charge in [0.25, 0.3) is 0 Å². The zero-order valence-corrected chi connectivity index (χ0v) is 36.2. The number of rotatable bonds is 3. The molecule has 5 heterocycles. The molecule has 1 aliphatic rings. The third-order valence-electron chi connectivity index (χ3n) is 14.0. The van der Waals surface area contributed by atoms with Crippen LogP contribution in [-0.4, -0.2) is 15.1 Å². The summed E-state index contributed by atoms with van der Waals surface area (Å²) in [5.41, 5.74) is 11.8. The maximum atomic E-state index is 7.15. The third-order valence-corrected chi connectivity index (χ3v) is 15.2. The first-order valence-corrected chi connectivity index (χ1v) is 23.3. The molecule has 5 nitrogen and oxygen atoms in total. The van der Waals surface area contributed by atoms with Crippen molar-refractivity contribution in [1.82, 2.24) is 14.5 Å². The molecule has 0 saturated carbocycles. The summed E-state index contributed by atoms with van der Waals surface area (Å²) in [5, 5.41) is 16.8. The van der Waals surface area contributed by atoms with Crippen molar-refractivity contribution in [3.63, 3.8) is 0 Å². The fourth-order valence-electron chi connectivity index (χ4n) is 11.0. The molecule has 0 aliphatic carbocycles. The number of hydrogen-bond acceptors (Lipinski definition) is 4. The predicted octanol–water partition coefficient (Wildman–Crippen LogP) is 16.2. The number of para-hydroxylation sites is 1. The third kappa shape index (κ3) is 5.02. The fourth-order valence-corrected chi connectivity index (χ4v) is 12.2. The van der Waals surface area contributed by atoms with Crippen molar-refractivity contribution in [3.8, 4) is 16.8 Å². The summed E-state index contributed by atoms with van der Waals surface area (Å²) in [6.07, 6.45) is 0. The van der Waals surface area contributed by atoms with Gasteiger partial charge in [-0.05, 0) is 93.5 Å². The van der Waals surface area contributed by atoms with Gasteiger partial charge in [-0.25, -0.2) is 4.99 Å². The van der Waals surface area contributed by atoms with Crippen molar-refractivity contribution in [2.75, 3.05) is 0 Å². The zero-order chi connectivity index (χ0) is 43.0. The Bertz CT molecular complexity index is 4380. The van der Waals surface area contributed by atoms with Crippen LogP contribution in [0.2, 0.25) is 0 Å². The summed E-state index contributed by atoms with van der Waals surface area (Å²) in [7, 11) is 0. The summed E-state index contributed by atoms with van der Waals surface area (Å²) in [6, 6.07) is 74.7. The molecule has 0 spiro atoms. The molecular formula is C60H36N4OS. The minimum Gasteiger partial charge on any atom is -0.453 e. The van der Waals surface area contributed by atoms with Crippen LogP contribution in [0.1, 0.15) is 16.5 Å². The van der Waals surface area contributed by atoms with Gasteiger partial charge >= 0.3 is 0 Å². The van der Waals surface area contributed by atoms with Gasteiger partial charge in [0.1, 0.15) is 11.1 Å². The molecule has 0 amide bonds. The highest BCUT2D eigenvalue weighted by Crippen LogP contribution is 2.48. The minimum atomic E-state index is -0.0995. The molecule has 66 heavy (non-hydrogen) atoms. The molecule has 4 aromatic heterocycles. The smallest absolute Gasteiger partial charge is 0.209 e. The number of thiophene rings is 1. The summed E-state index contributed by atoms with van der Waals surface area (Å²) in [5.74, 6) is 0.771. The van der Waals surface area contributed by atoms with Gasteiger partial charge in [0, 0.05) is 53.5 Å². The van der Waals surface area contributed by atoms with E-state index in [0.29, 0.717) is 0 Å². The number of nitrogens with zero attached hydrogens (tertiary/aromatic N) is 3. The standard InChI is InChI=1S/C60H36N4OS/c1-3-15-37(16-4-1)54-59-55(46-21-11-12-22-52(46)66-59)62-60(61-54)64-49-30-25-38(33-47(49)43-28-29-45-44-27-23-36-14-8-10-20-42(36)57(44)65-58(45)56(43)64)39-26-31-50-48(34-39)53-41-19-9-7-13-35(41)24-32-51(53)63(50)40-17-5-2-6-18-40/h1-34,54H,(H,61,62). The molecule has 1 N–H and O–H groups in total. The Kier molecular flexibility index (Phi) is 7.37. The maximum Gasteiger partial charge on any atom is 0.209 e. The molecule has 0 fully saturated rings. The average molecular weight is 861 g/mol. The van der Waals surface area contributed by atoms with Crippen LogP contribution in [0.25, 0.3) is 114 Å². The van der Waals surface area contributed by atoms with E-state index in [1.54, 1.807) is 0 Å². The van der Waals surface area contributed by atoms with Crippen molar-refractivity contribution >= 4 is 120 Å². The van der Waals surface area contributed by atoms with Crippen molar-refractivity contribution < 1.29 is 4.42 Å². The van der Waals surface area contributed by atoms with Gasteiger partial charge in [0.15, 0.2) is 5.58 Å². The normalized spacial score (nSPS) is 14.1. The quantitative estimate of drug-likeness (QED) is 0.192. The fraction of sp³-hybridized carbons (Fsp3) is 0.0167. The Morgan fingerprint density at radius 2 is 1.06 bits per heavy atom. The second kappa shape index (κ2) is 13.5. The van der Waals surface area contributed by atoms with Gasteiger partial charge in [0.2, 0.25) is 5.96 Å². The largest absolute Gasteiger partial charge is 0.453 e. The predicted molar refractivity (Wildman–Crippen MR) is 277 cm³/mol. The van der Waals surface area contributed by atoms with E-state index in [1.165, 1.54) is 47.7 Å². The van der Waals surface area contributed by atoms with E-state index in [9.17, 15) is 0 Å². The summed E-state index contributed by atoms with van der Waals surface area (Å²) < 4.78 is 13.1. The number of aromatic nitrogens is 2. The second-order valence-corrected chi connectivity index (χ2v) is 18.6. The monoisotopic (exact) mass is 860 g/mol. The lowest BCUT2D eigenvalue weighted by atomic mass is 9.99. The number of fused-ring (bicyclic) bond motifs is 17. The first kappa shape index (κ1) is 35.9. The zero-order valence-electron chi connectivity index (χ0n) is 35.4. The number of furan rings is 1. The van der Waals surface area contributed by atoms with E-state index in [4.69, 9.17) is 9.41 Å². The summed E-state index contributed by atoms with van der Waals surface area (Å²) in [4.78, 5) is 6.81. The lowest BCUT2D eigenvalue weighted by molar-refractivity contribution is 0.674. The highest BCUT2D eigenvalue weighted by Gasteiger charge is 2.31. The summed E-state index contributed by atoms with van der Waals surface area (Å²) in [6.45, 7) is 0. The molecular weight excluding hydrogens is 825 g/mol. The SMILES string of the molecule is c1ccc(C2NC(n3c4ccc(-c5ccc6c(c5)c5c7ccccc7ccc5n6-c5ccccc5)cc4c4ccc5c6ccc7ccccc7c6oc5c43)=Nc3c2sc2ccccc32)cc1. The minimum absolute atomic E-state index is 0.0995. The molecule has 6 heteroatoms. The van der Waals surface area contributed by atoms with E-state index in [2.05, 4.69) is 221 Å². The Hall–Kier alpha value is -8.45. The highest BCUT2D eigenvalue weighted by atomic mass is 32.1. The van der Waals surface area contributed by atoms with Crippen molar-refractivity contribution in [1.29, 1.82) is 0 Å². The number of hydrogen-bond donors (Lipinski definition) is 1. The molecule has 1 aliphatic heterocycles. The molecule has 14 aromatic rings. The molecule has 1 atom stereocenters. The van der Waals surface area contributed by atoms with E-state index >= 15 is 0 Å². The lowest BCUT2D eigenvalue weighted by Crippen LogP contribution is -2.36. The lowest BCUT2D eigenvalue weighted by Gasteiger charge is -2.26. The number of benzene rings is 10. The molecule has 0 radical (unpaired) electrons. The van der Waals surface area contributed by atoms with Gasteiger partial charge in [0.05, 0.1) is 33.2 Å². The van der Waals surface area contributed by atoms with Gasteiger partial charge in [-0.2, -0.15) is 0 Å². The van der Waals surface area contributed by atoms with Crippen LogP contribution in [0.5, 0.6) is 0 Å². The average Bonchev–Trinajstić information content (AvgIpc) is 4.14. The Morgan fingerprint density at radius 1 is 0.455 bits per heavy atom. The molecule has 0 saturated heterocycles. The molecule has 308 valence electrons. The van der Waals surface area contributed by atoms with E-state index in [1.807, 2.05) is 11.3 Å². The highest BCUT2D eigenvalue weighted by molar-refractivity contribution is 7.19. The van der Waals surface area contributed by atoms with Crippen LogP contribution in [0.3, 0.4) is 0 Å². The van der Waals surface area contributed by atoms with E-state index in [0.717, 1.165) is 88.4 Å². The Labute approximate surface area is 381 Å². The van der Waals surface area contributed by atoms with Crippen molar-refractivity contribution in [3.05, 3.63) is 217 Å². The van der Waals surface area contributed by atoms with Crippen LogP contribution in [0, 0.1) is 0 Å². The Morgan fingerprint density at radius 3 is 1.88 bits per heavy atom. The van der Waals surface area contributed by atoms with Gasteiger partial charge in [-0.15, -0.1) is 11.3 Å². The van der Waals surface area contributed by atoms with Gasteiger partial charge < -0.3 is 14.3 Å². The van der Waals surface area contributed by atoms with Crippen LogP contribution in [0.15, 0.2) is 216 Å². The topological polar surface area (TPSA) is 47.4 Å². The van der Waals surface area contributed by atoms with E-state index < -0.39 is 0 Å². The molecule has 10 aromatic carbocycles. The van der Waals surface area contributed by atoms with E-state index in [-0.39, 0.29) is 6.04 Å². The Balaban J connectivity index is 1.01. The first-order chi connectivity index (χ1) is 32.7. The molecule has 15 rings (SSSR count). The molecule has 1 unspecified atom stereocenters. The van der Waals surface area contributed by atoms with Crippen LogP contribution < -0.4 is 5.32 Å². The van der Waals surface area contributed by atoms with Crippen molar-refractivity contribution in [2.24, 2.45) is 4.99 Å². The molecule has 0 bridgehead atoms. The maximum absolute atomic E-state index is 7.15.